The van der Waals surface area contributed by atoms with E-state index in [1.165, 1.54) is 6.07 Å². The Labute approximate surface area is 132 Å². The van der Waals surface area contributed by atoms with Gasteiger partial charge in [-0.25, -0.2) is 4.39 Å². The van der Waals surface area contributed by atoms with Crippen molar-refractivity contribution in [3.05, 3.63) is 57.8 Å². The van der Waals surface area contributed by atoms with E-state index >= 15 is 0 Å². The zero-order chi connectivity index (χ0) is 15.4. The average Bonchev–Trinajstić information content (AvgIpc) is 2.50. The lowest BCUT2D eigenvalue weighted by atomic mass is 9.98. The van der Waals surface area contributed by atoms with E-state index in [2.05, 4.69) is 21.2 Å². The Morgan fingerprint density at radius 3 is 2.24 bits per heavy atom. The molecule has 0 heterocycles. The first-order valence-electron chi connectivity index (χ1n) is 6.45. The molecule has 0 aliphatic carbocycles. The van der Waals surface area contributed by atoms with Gasteiger partial charge in [0.1, 0.15) is 5.82 Å². The van der Waals surface area contributed by atoms with E-state index in [1.807, 2.05) is 18.2 Å². The highest BCUT2D eigenvalue weighted by atomic mass is 79.9. The van der Waals surface area contributed by atoms with Gasteiger partial charge in [0.25, 0.3) is 0 Å². The van der Waals surface area contributed by atoms with E-state index in [0.717, 1.165) is 10.0 Å². The summed E-state index contributed by atoms with van der Waals surface area (Å²) < 4.78 is 25.5. The first kappa shape index (κ1) is 15.8. The van der Waals surface area contributed by atoms with Crippen LogP contribution in [0, 0.1) is 5.82 Å². The standard InChI is InChI=1S/C16H17BrFNO2/c1-19-16(10-6-4-5-7-13(10)18)11-8-14(20-2)15(21-3)9-12(11)17/h4-9,16,19H,1-3H3. The second kappa shape index (κ2) is 6.91. The Morgan fingerprint density at radius 1 is 1.05 bits per heavy atom. The van der Waals surface area contributed by atoms with Gasteiger partial charge in [-0.2, -0.15) is 0 Å². The molecule has 3 nitrogen and oxygen atoms in total. The lowest BCUT2D eigenvalue weighted by molar-refractivity contribution is 0.354. The van der Waals surface area contributed by atoms with E-state index in [4.69, 9.17) is 9.47 Å². The third kappa shape index (κ3) is 3.19. The fourth-order valence-electron chi connectivity index (χ4n) is 2.28. The van der Waals surface area contributed by atoms with Gasteiger partial charge in [0.2, 0.25) is 0 Å². The summed E-state index contributed by atoms with van der Waals surface area (Å²) in [5.41, 5.74) is 1.45. The van der Waals surface area contributed by atoms with Crippen LogP contribution in [0.4, 0.5) is 4.39 Å². The maximum absolute atomic E-state index is 14.1. The van der Waals surface area contributed by atoms with Crippen LogP contribution >= 0.6 is 15.9 Å². The molecule has 0 spiro atoms. The molecule has 0 bridgehead atoms. The van der Waals surface area contributed by atoms with Crippen molar-refractivity contribution in [2.24, 2.45) is 0 Å². The van der Waals surface area contributed by atoms with Crippen LogP contribution in [0.1, 0.15) is 17.2 Å². The zero-order valence-corrected chi connectivity index (χ0v) is 13.7. The van der Waals surface area contributed by atoms with Crippen LogP contribution in [0.3, 0.4) is 0 Å². The van der Waals surface area contributed by atoms with Crippen molar-refractivity contribution in [2.45, 2.75) is 6.04 Å². The van der Waals surface area contributed by atoms with Gasteiger partial charge in [0.05, 0.1) is 20.3 Å². The Bertz CT molecular complexity index is 634. The number of benzene rings is 2. The zero-order valence-electron chi connectivity index (χ0n) is 12.1. The van der Waals surface area contributed by atoms with Crippen LogP contribution in [0.25, 0.3) is 0 Å². The van der Waals surface area contributed by atoms with Gasteiger partial charge in [-0.15, -0.1) is 0 Å². The number of methoxy groups -OCH3 is 2. The van der Waals surface area contributed by atoms with Gasteiger partial charge < -0.3 is 14.8 Å². The first-order chi connectivity index (χ1) is 10.1. The molecule has 1 N–H and O–H groups in total. The van der Waals surface area contributed by atoms with E-state index in [0.29, 0.717) is 17.1 Å². The number of nitrogens with one attached hydrogen (secondary N) is 1. The van der Waals surface area contributed by atoms with Gasteiger partial charge in [-0.1, -0.05) is 34.1 Å². The highest BCUT2D eigenvalue weighted by molar-refractivity contribution is 9.10. The summed E-state index contributed by atoms with van der Waals surface area (Å²) in [5.74, 6) is 0.974. The lowest BCUT2D eigenvalue weighted by Gasteiger charge is -2.21. The molecule has 0 amide bonds. The summed E-state index contributed by atoms with van der Waals surface area (Å²) >= 11 is 3.52. The van der Waals surface area contributed by atoms with Crippen LogP contribution < -0.4 is 14.8 Å². The van der Waals surface area contributed by atoms with Crippen molar-refractivity contribution < 1.29 is 13.9 Å². The van der Waals surface area contributed by atoms with Gasteiger partial charge >= 0.3 is 0 Å². The van der Waals surface area contributed by atoms with Crippen molar-refractivity contribution in [3.63, 3.8) is 0 Å². The predicted molar refractivity (Wildman–Crippen MR) is 84.5 cm³/mol. The maximum atomic E-state index is 14.1. The topological polar surface area (TPSA) is 30.5 Å². The molecule has 1 unspecified atom stereocenters. The van der Waals surface area contributed by atoms with Gasteiger partial charge in [-0.3, -0.25) is 0 Å². The van der Waals surface area contributed by atoms with E-state index in [9.17, 15) is 4.39 Å². The van der Waals surface area contributed by atoms with Crippen molar-refractivity contribution in [2.75, 3.05) is 21.3 Å². The Balaban J connectivity index is 2.55. The average molecular weight is 354 g/mol. The van der Waals surface area contributed by atoms with Crippen LogP contribution in [-0.4, -0.2) is 21.3 Å². The van der Waals surface area contributed by atoms with Crippen LogP contribution in [0.2, 0.25) is 0 Å². The van der Waals surface area contributed by atoms with Crippen molar-refractivity contribution in [3.8, 4) is 11.5 Å². The summed E-state index contributed by atoms with van der Waals surface area (Å²) in [6.45, 7) is 0. The molecular weight excluding hydrogens is 337 g/mol. The monoisotopic (exact) mass is 353 g/mol. The lowest BCUT2D eigenvalue weighted by Crippen LogP contribution is -2.19. The number of rotatable bonds is 5. The van der Waals surface area contributed by atoms with E-state index in [1.54, 1.807) is 33.4 Å². The molecule has 112 valence electrons. The molecule has 0 fully saturated rings. The summed E-state index contributed by atoms with van der Waals surface area (Å²) in [4.78, 5) is 0. The predicted octanol–water partition coefficient (Wildman–Crippen LogP) is 3.91. The molecule has 0 saturated carbocycles. The fourth-order valence-corrected chi connectivity index (χ4v) is 2.83. The fraction of sp³-hybridized carbons (Fsp3) is 0.250. The molecule has 1 atom stereocenters. The summed E-state index contributed by atoms with van der Waals surface area (Å²) in [7, 11) is 4.95. The smallest absolute Gasteiger partial charge is 0.161 e. The second-order valence-corrected chi connectivity index (χ2v) is 5.33. The number of hydrogen-bond donors (Lipinski definition) is 1. The normalized spacial score (nSPS) is 12.0. The Kier molecular flexibility index (Phi) is 5.20. The third-order valence-electron chi connectivity index (χ3n) is 3.32. The minimum atomic E-state index is -0.291. The van der Waals surface area contributed by atoms with Crippen molar-refractivity contribution in [1.29, 1.82) is 0 Å². The molecule has 5 heteroatoms. The SMILES string of the molecule is CNC(c1ccccc1F)c1cc(OC)c(OC)cc1Br. The first-order valence-corrected chi connectivity index (χ1v) is 7.24. The molecule has 2 rings (SSSR count). The summed E-state index contributed by atoms with van der Waals surface area (Å²) in [5, 5.41) is 3.14. The van der Waals surface area contributed by atoms with Crippen LogP contribution in [0.15, 0.2) is 40.9 Å². The van der Waals surface area contributed by atoms with Crippen molar-refractivity contribution in [1.82, 2.24) is 5.32 Å². The molecule has 0 aliphatic heterocycles. The molecule has 2 aromatic carbocycles. The number of halogens is 2. The molecular formula is C16H17BrFNO2. The minimum absolute atomic E-state index is 0.251. The highest BCUT2D eigenvalue weighted by Gasteiger charge is 2.20. The van der Waals surface area contributed by atoms with Gasteiger partial charge in [0, 0.05) is 10.0 Å². The van der Waals surface area contributed by atoms with Crippen molar-refractivity contribution >= 4 is 15.9 Å². The molecule has 0 aromatic heterocycles. The number of hydrogen-bond acceptors (Lipinski definition) is 3. The number of ether oxygens (including phenoxy) is 2. The highest BCUT2D eigenvalue weighted by Crippen LogP contribution is 2.38. The Morgan fingerprint density at radius 2 is 1.67 bits per heavy atom. The second-order valence-electron chi connectivity index (χ2n) is 4.47. The van der Waals surface area contributed by atoms with Gasteiger partial charge in [0.15, 0.2) is 11.5 Å². The van der Waals surface area contributed by atoms with E-state index < -0.39 is 0 Å². The molecule has 0 aliphatic rings. The molecule has 0 radical (unpaired) electrons. The molecule has 2 aromatic rings. The van der Waals surface area contributed by atoms with Crippen LogP contribution in [0.5, 0.6) is 11.5 Å². The largest absolute Gasteiger partial charge is 0.493 e. The quantitative estimate of drug-likeness (QED) is 0.883. The summed E-state index contributed by atoms with van der Waals surface area (Å²) in [6.07, 6.45) is 0. The molecule has 21 heavy (non-hydrogen) atoms. The minimum Gasteiger partial charge on any atom is -0.493 e. The van der Waals surface area contributed by atoms with Gasteiger partial charge in [-0.05, 0) is 30.8 Å². The summed E-state index contributed by atoms with van der Waals surface area (Å²) in [6, 6.07) is 10.1. The Hall–Kier alpha value is -1.59. The van der Waals surface area contributed by atoms with Crippen LogP contribution in [-0.2, 0) is 0 Å². The third-order valence-corrected chi connectivity index (χ3v) is 4.01. The van der Waals surface area contributed by atoms with E-state index in [-0.39, 0.29) is 11.9 Å². The molecule has 0 saturated heterocycles. The maximum Gasteiger partial charge on any atom is 0.161 e.